The second-order valence-electron chi connectivity index (χ2n) is 4.54. The van der Waals surface area contributed by atoms with Crippen LogP contribution in [0.5, 0.6) is 23.0 Å². The molecule has 0 saturated heterocycles. The lowest BCUT2D eigenvalue weighted by Gasteiger charge is -2.09. The molecule has 0 saturated carbocycles. The summed E-state index contributed by atoms with van der Waals surface area (Å²) in [5.74, 6) is 1.69. The van der Waals surface area contributed by atoms with Crippen LogP contribution in [0, 0.1) is 0 Å². The van der Waals surface area contributed by atoms with Crippen molar-refractivity contribution in [3.63, 3.8) is 0 Å². The highest BCUT2D eigenvalue weighted by Gasteiger charge is 2.13. The van der Waals surface area contributed by atoms with Crippen LogP contribution in [0.15, 0.2) is 42.5 Å². The van der Waals surface area contributed by atoms with Crippen molar-refractivity contribution in [3.8, 4) is 23.0 Å². The van der Waals surface area contributed by atoms with Gasteiger partial charge < -0.3 is 24.1 Å². The van der Waals surface area contributed by atoms with Crippen LogP contribution >= 0.6 is 0 Å². The zero-order valence-corrected chi connectivity index (χ0v) is 11.7. The van der Waals surface area contributed by atoms with Gasteiger partial charge in [-0.1, -0.05) is 0 Å². The molecule has 1 aliphatic heterocycles. The van der Waals surface area contributed by atoms with Crippen molar-refractivity contribution >= 4 is 5.97 Å². The fourth-order valence-corrected chi connectivity index (χ4v) is 1.98. The summed E-state index contributed by atoms with van der Waals surface area (Å²) in [4.78, 5) is 10.7. The number of carboxylic acids is 1. The summed E-state index contributed by atoms with van der Waals surface area (Å²) in [5.41, 5.74) is 0.226. The molecule has 2 aromatic rings. The Bertz CT molecular complexity index is 665. The molecule has 0 aliphatic carbocycles. The molecule has 6 nitrogen and oxygen atoms in total. The Balaban J connectivity index is 1.46. The van der Waals surface area contributed by atoms with Crippen LogP contribution in [0.25, 0.3) is 0 Å². The molecule has 0 atom stereocenters. The number of aromatic carboxylic acids is 1. The molecule has 2 aromatic carbocycles. The Morgan fingerprint density at radius 1 is 0.955 bits per heavy atom. The third-order valence-corrected chi connectivity index (χ3v) is 3.07. The van der Waals surface area contributed by atoms with Crippen LogP contribution < -0.4 is 18.9 Å². The number of hydrogen-bond acceptors (Lipinski definition) is 5. The predicted octanol–water partition coefficient (Wildman–Crippen LogP) is 2.57. The van der Waals surface area contributed by atoms with Gasteiger partial charge in [0, 0.05) is 6.07 Å². The minimum atomic E-state index is -0.960. The van der Waals surface area contributed by atoms with Crippen molar-refractivity contribution in [1.82, 2.24) is 0 Å². The smallest absolute Gasteiger partial charge is 0.335 e. The van der Waals surface area contributed by atoms with Crippen molar-refractivity contribution in [2.45, 2.75) is 0 Å². The molecule has 3 rings (SSSR count). The van der Waals surface area contributed by atoms with E-state index in [1.165, 1.54) is 12.1 Å². The van der Waals surface area contributed by atoms with Crippen molar-refractivity contribution in [3.05, 3.63) is 48.0 Å². The average molecular weight is 302 g/mol. The number of rotatable bonds is 6. The second kappa shape index (κ2) is 6.26. The molecule has 0 aromatic heterocycles. The van der Waals surface area contributed by atoms with E-state index in [0.29, 0.717) is 36.2 Å². The van der Waals surface area contributed by atoms with E-state index in [2.05, 4.69) is 0 Å². The monoisotopic (exact) mass is 302 g/mol. The molecule has 1 heterocycles. The molecular weight excluding hydrogens is 288 g/mol. The molecule has 1 aliphatic rings. The van der Waals surface area contributed by atoms with Gasteiger partial charge in [-0.05, 0) is 36.4 Å². The Morgan fingerprint density at radius 3 is 2.32 bits per heavy atom. The zero-order chi connectivity index (χ0) is 15.4. The molecule has 0 bridgehead atoms. The zero-order valence-electron chi connectivity index (χ0n) is 11.7. The molecule has 22 heavy (non-hydrogen) atoms. The second-order valence-corrected chi connectivity index (χ2v) is 4.54. The molecule has 1 N–H and O–H groups in total. The third-order valence-electron chi connectivity index (χ3n) is 3.07. The number of hydrogen-bond donors (Lipinski definition) is 1. The van der Waals surface area contributed by atoms with Crippen LogP contribution in [0.4, 0.5) is 0 Å². The van der Waals surface area contributed by atoms with E-state index in [1.54, 1.807) is 30.3 Å². The third kappa shape index (κ3) is 3.22. The maximum absolute atomic E-state index is 10.7. The first kappa shape index (κ1) is 14.1. The van der Waals surface area contributed by atoms with Crippen molar-refractivity contribution in [1.29, 1.82) is 0 Å². The molecule has 0 amide bonds. The minimum Gasteiger partial charge on any atom is -0.490 e. The normalized spacial score (nSPS) is 12.0. The van der Waals surface area contributed by atoms with E-state index in [0.717, 1.165) is 0 Å². The first-order valence-electron chi connectivity index (χ1n) is 6.71. The Hall–Kier alpha value is -2.89. The van der Waals surface area contributed by atoms with Crippen LogP contribution in [0.2, 0.25) is 0 Å². The number of ether oxygens (including phenoxy) is 4. The predicted molar refractivity (Wildman–Crippen MR) is 77.0 cm³/mol. The first-order chi connectivity index (χ1) is 10.7. The van der Waals surface area contributed by atoms with Gasteiger partial charge in [0.1, 0.15) is 24.7 Å². The number of fused-ring (bicyclic) bond motifs is 1. The van der Waals surface area contributed by atoms with Gasteiger partial charge >= 0.3 is 5.97 Å². The van der Waals surface area contributed by atoms with Crippen LogP contribution in [0.3, 0.4) is 0 Å². The van der Waals surface area contributed by atoms with Gasteiger partial charge in [-0.15, -0.1) is 0 Å². The highest BCUT2D eigenvalue weighted by Crippen LogP contribution is 2.34. The summed E-state index contributed by atoms with van der Waals surface area (Å²) in [6, 6.07) is 11.6. The van der Waals surface area contributed by atoms with E-state index in [9.17, 15) is 4.79 Å². The standard InChI is InChI=1S/C16H14O6/c17-16(18)11-1-3-12(4-2-11)19-7-8-20-13-5-6-14-15(9-13)22-10-21-14/h1-6,9H,7-8,10H2,(H,17,18). The SMILES string of the molecule is O=C(O)c1ccc(OCCOc2ccc3c(c2)OCO3)cc1. The largest absolute Gasteiger partial charge is 0.490 e. The minimum absolute atomic E-state index is 0.226. The van der Waals surface area contributed by atoms with Gasteiger partial charge in [0.2, 0.25) is 6.79 Å². The summed E-state index contributed by atoms with van der Waals surface area (Å²) >= 11 is 0. The Kier molecular flexibility index (Phi) is 4.00. The van der Waals surface area contributed by atoms with Crippen molar-refractivity contribution < 1.29 is 28.8 Å². The highest BCUT2D eigenvalue weighted by atomic mass is 16.7. The van der Waals surface area contributed by atoms with Crippen molar-refractivity contribution in [2.75, 3.05) is 20.0 Å². The summed E-state index contributed by atoms with van der Waals surface area (Å²) < 4.78 is 21.5. The lowest BCUT2D eigenvalue weighted by atomic mass is 10.2. The van der Waals surface area contributed by atoms with Gasteiger partial charge in [-0.3, -0.25) is 0 Å². The Morgan fingerprint density at radius 2 is 1.59 bits per heavy atom. The fourth-order valence-electron chi connectivity index (χ4n) is 1.98. The molecule has 6 heteroatoms. The van der Waals surface area contributed by atoms with Gasteiger partial charge in [0.25, 0.3) is 0 Å². The first-order valence-corrected chi connectivity index (χ1v) is 6.71. The molecule has 114 valence electrons. The molecular formula is C16H14O6. The van der Waals surface area contributed by atoms with Gasteiger partial charge in [-0.25, -0.2) is 4.79 Å². The van der Waals surface area contributed by atoms with E-state index in [4.69, 9.17) is 24.1 Å². The van der Waals surface area contributed by atoms with Gasteiger partial charge in [0.05, 0.1) is 5.56 Å². The van der Waals surface area contributed by atoms with Crippen molar-refractivity contribution in [2.24, 2.45) is 0 Å². The topological polar surface area (TPSA) is 74.2 Å². The fraction of sp³-hybridized carbons (Fsp3) is 0.188. The summed E-state index contributed by atoms with van der Waals surface area (Å²) in [5, 5.41) is 8.80. The maximum atomic E-state index is 10.7. The van der Waals surface area contributed by atoms with Crippen LogP contribution in [-0.4, -0.2) is 31.1 Å². The van der Waals surface area contributed by atoms with E-state index >= 15 is 0 Å². The molecule has 0 radical (unpaired) electrons. The highest BCUT2D eigenvalue weighted by molar-refractivity contribution is 5.87. The lowest BCUT2D eigenvalue weighted by molar-refractivity contribution is 0.0697. The summed E-state index contributed by atoms with van der Waals surface area (Å²) in [6.07, 6.45) is 0. The molecule has 0 unspecified atom stereocenters. The number of benzene rings is 2. The summed E-state index contributed by atoms with van der Waals surface area (Å²) in [6.45, 7) is 0.940. The van der Waals surface area contributed by atoms with Crippen LogP contribution in [-0.2, 0) is 0 Å². The number of carboxylic acid groups (broad SMARTS) is 1. The number of carbonyl (C=O) groups is 1. The van der Waals surface area contributed by atoms with Gasteiger partial charge in [-0.2, -0.15) is 0 Å². The molecule has 0 fully saturated rings. The lowest BCUT2D eigenvalue weighted by Crippen LogP contribution is -2.09. The van der Waals surface area contributed by atoms with E-state index < -0.39 is 5.97 Å². The summed E-state index contributed by atoms with van der Waals surface area (Å²) in [7, 11) is 0. The maximum Gasteiger partial charge on any atom is 0.335 e. The van der Waals surface area contributed by atoms with Crippen LogP contribution in [0.1, 0.15) is 10.4 Å². The van der Waals surface area contributed by atoms with E-state index in [1.807, 2.05) is 0 Å². The Labute approximate surface area is 126 Å². The van der Waals surface area contributed by atoms with E-state index in [-0.39, 0.29) is 12.4 Å². The van der Waals surface area contributed by atoms with Gasteiger partial charge in [0.15, 0.2) is 11.5 Å². The molecule has 0 spiro atoms. The quantitative estimate of drug-likeness (QED) is 0.827. The average Bonchev–Trinajstić information content (AvgIpc) is 2.99.